The minimum atomic E-state index is 0.373. The van der Waals surface area contributed by atoms with Gasteiger partial charge in [-0.15, -0.1) is 0 Å². The normalized spacial score (nSPS) is 16.8. The molecule has 24 heavy (non-hydrogen) atoms. The van der Waals surface area contributed by atoms with Gasteiger partial charge in [-0.25, -0.2) is 0 Å². The Balaban J connectivity index is 0.000000199. The Kier molecular flexibility index (Phi) is 9.22. The van der Waals surface area contributed by atoms with Crippen LogP contribution in [-0.4, -0.2) is 6.10 Å². The molecule has 1 aliphatic carbocycles. The molecule has 0 spiro atoms. The maximum Gasteiger partial charge on any atom is 0.123 e. The SMILES string of the molecule is CC.CC.CC1Cc2ccccc2C1.CC1Cc2ccccc2O1. The Labute approximate surface area is 149 Å². The summed E-state index contributed by atoms with van der Waals surface area (Å²) in [7, 11) is 0. The molecule has 0 amide bonds. The summed E-state index contributed by atoms with van der Waals surface area (Å²) in [6.07, 6.45) is 4.01. The van der Waals surface area contributed by atoms with Crippen LogP contribution < -0.4 is 4.74 Å². The van der Waals surface area contributed by atoms with E-state index >= 15 is 0 Å². The average molecular weight is 327 g/mol. The molecule has 0 N–H and O–H groups in total. The zero-order chi connectivity index (χ0) is 17.9. The van der Waals surface area contributed by atoms with Crippen LogP contribution >= 0.6 is 0 Å². The van der Waals surface area contributed by atoms with Crippen molar-refractivity contribution in [1.82, 2.24) is 0 Å². The minimum Gasteiger partial charge on any atom is -0.490 e. The molecule has 1 atom stereocenters. The molecule has 0 bridgehead atoms. The van der Waals surface area contributed by atoms with Gasteiger partial charge in [-0.05, 0) is 48.4 Å². The smallest absolute Gasteiger partial charge is 0.123 e. The van der Waals surface area contributed by atoms with E-state index in [0.29, 0.717) is 6.10 Å². The lowest BCUT2D eigenvalue weighted by Gasteiger charge is -2.00. The highest BCUT2D eigenvalue weighted by Crippen LogP contribution is 2.27. The van der Waals surface area contributed by atoms with Crippen molar-refractivity contribution in [3.05, 3.63) is 65.2 Å². The molecule has 0 saturated carbocycles. The van der Waals surface area contributed by atoms with Gasteiger partial charge < -0.3 is 4.74 Å². The number of fused-ring (bicyclic) bond motifs is 2. The van der Waals surface area contributed by atoms with Gasteiger partial charge in [-0.1, -0.05) is 77.1 Å². The Bertz CT molecular complexity index is 485. The first-order valence-corrected chi connectivity index (χ1v) is 9.53. The summed E-state index contributed by atoms with van der Waals surface area (Å²) in [5.41, 5.74) is 4.47. The maximum atomic E-state index is 5.51. The highest BCUT2D eigenvalue weighted by atomic mass is 16.5. The van der Waals surface area contributed by atoms with Gasteiger partial charge in [0.1, 0.15) is 11.9 Å². The van der Waals surface area contributed by atoms with E-state index in [-0.39, 0.29) is 0 Å². The van der Waals surface area contributed by atoms with Crippen molar-refractivity contribution in [1.29, 1.82) is 0 Å². The molecule has 1 heteroatoms. The molecule has 0 radical (unpaired) electrons. The van der Waals surface area contributed by atoms with Crippen molar-refractivity contribution >= 4 is 0 Å². The predicted molar refractivity (Wildman–Crippen MR) is 106 cm³/mol. The summed E-state index contributed by atoms with van der Waals surface area (Å²) in [5.74, 6) is 1.94. The van der Waals surface area contributed by atoms with Crippen LogP contribution in [0.4, 0.5) is 0 Å². The van der Waals surface area contributed by atoms with Gasteiger partial charge in [0.25, 0.3) is 0 Å². The third-order valence-electron chi connectivity index (χ3n) is 4.06. The van der Waals surface area contributed by atoms with Crippen molar-refractivity contribution < 1.29 is 4.74 Å². The monoisotopic (exact) mass is 326 g/mol. The van der Waals surface area contributed by atoms with Crippen molar-refractivity contribution in [2.24, 2.45) is 5.92 Å². The summed E-state index contributed by atoms with van der Waals surface area (Å²) in [6.45, 7) is 12.4. The summed E-state index contributed by atoms with van der Waals surface area (Å²) >= 11 is 0. The Hall–Kier alpha value is -1.76. The first-order valence-electron chi connectivity index (χ1n) is 9.53. The second-order valence-corrected chi connectivity index (χ2v) is 6.02. The molecule has 2 aromatic carbocycles. The van der Waals surface area contributed by atoms with Gasteiger partial charge in [0.05, 0.1) is 0 Å². The second-order valence-electron chi connectivity index (χ2n) is 6.02. The number of hydrogen-bond acceptors (Lipinski definition) is 1. The first kappa shape index (κ1) is 20.3. The van der Waals surface area contributed by atoms with Crippen molar-refractivity contribution in [3.8, 4) is 5.75 Å². The average Bonchev–Trinajstić information content (AvgIpc) is 3.19. The number of hydrogen-bond donors (Lipinski definition) is 0. The molecule has 1 heterocycles. The first-order chi connectivity index (χ1) is 11.7. The molecule has 0 fully saturated rings. The van der Waals surface area contributed by atoms with E-state index in [1.54, 1.807) is 11.1 Å². The van der Waals surface area contributed by atoms with E-state index in [2.05, 4.69) is 50.2 Å². The third kappa shape index (κ3) is 5.70. The van der Waals surface area contributed by atoms with E-state index in [0.717, 1.165) is 18.1 Å². The Morgan fingerprint density at radius 1 is 0.667 bits per heavy atom. The topological polar surface area (TPSA) is 9.23 Å². The summed E-state index contributed by atoms with van der Waals surface area (Å²) in [6, 6.07) is 17.0. The van der Waals surface area contributed by atoms with Crippen LogP contribution in [0.15, 0.2) is 48.5 Å². The second kappa shape index (κ2) is 10.9. The molecule has 0 saturated heterocycles. The number of ether oxygens (including phenoxy) is 1. The number of para-hydroxylation sites is 1. The lowest BCUT2D eigenvalue weighted by molar-refractivity contribution is 0.254. The molecule has 4 rings (SSSR count). The van der Waals surface area contributed by atoms with Gasteiger partial charge >= 0.3 is 0 Å². The van der Waals surface area contributed by atoms with Gasteiger partial charge in [-0.3, -0.25) is 0 Å². The third-order valence-corrected chi connectivity index (χ3v) is 4.06. The maximum absolute atomic E-state index is 5.51. The quantitative estimate of drug-likeness (QED) is 0.538. The van der Waals surface area contributed by atoms with Gasteiger partial charge in [0.15, 0.2) is 0 Å². The lowest BCUT2D eigenvalue weighted by atomic mass is 10.1. The van der Waals surface area contributed by atoms with Gasteiger partial charge in [0.2, 0.25) is 0 Å². The lowest BCUT2D eigenvalue weighted by Crippen LogP contribution is -2.05. The molecule has 132 valence electrons. The van der Waals surface area contributed by atoms with Crippen LogP contribution in [0.25, 0.3) is 0 Å². The predicted octanol–water partition coefficient (Wildman–Crippen LogP) is 6.48. The van der Waals surface area contributed by atoms with Crippen molar-refractivity contribution in [2.45, 2.75) is 66.9 Å². The summed E-state index contributed by atoms with van der Waals surface area (Å²) in [4.78, 5) is 0. The zero-order valence-electron chi connectivity index (χ0n) is 16.3. The van der Waals surface area contributed by atoms with E-state index in [1.807, 2.05) is 39.8 Å². The highest BCUT2D eigenvalue weighted by molar-refractivity contribution is 5.36. The van der Waals surface area contributed by atoms with E-state index in [9.17, 15) is 0 Å². The zero-order valence-corrected chi connectivity index (χ0v) is 16.3. The molecule has 2 aliphatic rings. The highest BCUT2D eigenvalue weighted by Gasteiger charge is 2.17. The fourth-order valence-electron chi connectivity index (χ4n) is 3.13. The van der Waals surface area contributed by atoms with Crippen LogP contribution in [0.5, 0.6) is 5.75 Å². The Morgan fingerprint density at radius 3 is 1.62 bits per heavy atom. The number of rotatable bonds is 0. The largest absolute Gasteiger partial charge is 0.490 e. The van der Waals surface area contributed by atoms with Gasteiger partial charge in [0, 0.05) is 6.42 Å². The molecule has 1 aliphatic heterocycles. The van der Waals surface area contributed by atoms with Crippen molar-refractivity contribution in [3.63, 3.8) is 0 Å². The van der Waals surface area contributed by atoms with Crippen LogP contribution in [0, 0.1) is 5.92 Å². The van der Waals surface area contributed by atoms with E-state index < -0.39 is 0 Å². The van der Waals surface area contributed by atoms with Crippen LogP contribution in [-0.2, 0) is 19.3 Å². The molecule has 0 aromatic heterocycles. The van der Waals surface area contributed by atoms with E-state index in [4.69, 9.17) is 4.74 Å². The fraction of sp³-hybridized carbons (Fsp3) is 0.478. The summed E-state index contributed by atoms with van der Waals surface area (Å²) < 4.78 is 5.51. The fourth-order valence-corrected chi connectivity index (χ4v) is 3.13. The number of benzene rings is 2. The molecular formula is C23H34O. The van der Waals surface area contributed by atoms with E-state index in [1.165, 1.54) is 18.4 Å². The van der Waals surface area contributed by atoms with Crippen LogP contribution in [0.1, 0.15) is 58.2 Å². The van der Waals surface area contributed by atoms with Crippen molar-refractivity contribution in [2.75, 3.05) is 0 Å². The standard InChI is InChI=1S/C10H12.C9H10O.2C2H6/c1-8-6-9-4-2-3-5-10(9)7-8;1-7-6-8-4-2-3-5-9(8)10-7;2*1-2/h2-5,8H,6-7H2,1H3;2-5,7H,6H2,1H3;2*1-2H3. The molecular weight excluding hydrogens is 292 g/mol. The van der Waals surface area contributed by atoms with Gasteiger partial charge in [-0.2, -0.15) is 0 Å². The van der Waals surface area contributed by atoms with Crippen LogP contribution in [0.2, 0.25) is 0 Å². The van der Waals surface area contributed by atoms with Crippen LogP contribution in [0.3, 0.4) is 0 Å². The molecule has 2 aromatic rings. The Morgan fingerprint density at radius 2 is 1.12 bits per heavy atom. The molecule has 1 unspecified atom stereocenters. The minimum absolute atomic E-state index is 0.373. The summed E-state index contributed by atoms with van der Waals surface area (Å²) in [5, 5.41) is 0. The molecule has 1 nitrogen and oxygen atoms in total.